The number of fused-ring (bicyclic) bond motifs is 1. The van der Waals surface area contributed by atoms with E-state index in [4.69, 9.17) is 14.0 Å². The summed E-state index contributed by atoms with van der Waals surface area (Å²) in [5.74, 6) is 2.13. The van der Waals surface area contributed by atoms with Crippen molar-refractivity contribution in [1.29, 1.82) is 0 Å². The van der Waals surface area contributed by atoms with E-state index in [1.165, 1.54) is 16.3 Å². The van der Waals surface area contributed by atoms with Crippen LogP contribution in [0.1, 0.15) is 17.0 Å². The second-order valence-electron chi connectivity index (χ2n) is 7.09. The summed E-state index contributed by atoms with van der Waals surface area (Å²) in [6.45, 7) is 4.36. The number of aromatic nitrogens is 4. The topological polar surface area (TPSA) is 92.3 Å². The largest absolute Gasteiger partial charge is 0.454 e. The van der Waals surface area contributed by atoms with Gasteiger partial charge in [-0.3, -0.25) is 4.79 Å². The zero-order valence-electron chi connectivity index (χ0n) is 16.5. The van der Waals surface area contributed by atoms with Crippen molar-refractivity contribution in [3.05, 3.63) is 75.9 Å². The van der Waals surface area contributed by atoms with Crippen molar-refractivity contribution in [3.63, 3.8) is 0 Å². The van der Waals surface area contributed by atoms with Crippen molar-refractivity contribution in [1.82, 2.24) is 19.9 Å². The maximum Gasteiger partial charge on any atom is 0.267 e. The van der Waals surface area contributed by atoms with E-state index in [0.29, 0.717) is 28.9 Å². The Bertz CT molecular complexity index is 1310. The van der Waals surface area contributed by atoms with Crippen LogP contribution in [0.5, 0.6) is 11.5 Å². The molecule has 0 aliphatic carbocycles. The molecule has 0 N–H and O–H groups in total. The Kier molecular flexibility index (Phi) is 4.31. The molecule has 1 aliphatic rings. The highest BCUT2D eigenvalue weighted by Gasteiger charge is 2.16. The van der Waals surface area contributed by atoms with Gasteiger partial charge in [-0.2, -0.15) is 10.1 Å². The van der Waals surface area contributed by atoms with Crippen LogP contribution < -0.4 is 15.0 Å². The second-order valence-corrected chi connectivity index (χ2v) is 7.09. The summed E-state index contributed by atoms with van der Waals surface area (Å²) in [5, 5.41) is 8.49. The van der Waals surface area contributed by atoms with Gasteiger partial charge < -0.3 is 14.0 Å². The zero-order chi connectivity index (χ0) is 20.7. The minimum Gasteiger partial charge on any atom is -0.454 e. The Labute approximate surface area is 171 Å². The molecule has 0 fully saturated rings. The lowest BCUT2D eigenvalue weighted by molar-refractivity contribution is 0.174. The summed E-state index contributed by atoms with van der Waals surface area (Å²) in [6, 6.07) is 14.6. The SMILES string of the molecule is Cc1ccc(-c2noc(Cn3nc(-c4ccc5c(c4)OCO5)ccc3=O)n2)cc1C. The highest BCUT2D eigenvalue weighted by Crippen LogP contribution is 2.35. The molecular weight excluding hydrogens is 384 g/mol. The molecule has 5 rings (SSSR count). The maximum absolute atomic E-state index is 12.3. The van der Waals surface area contributed by atoms with Crippen LogP contribution in [0.4, 0.5) is 0 Å². The van der Waals surface area contributed by atoms with E-state index in [9.17, 15) is 4.79 Å². The van der Waals surface area contributed by atoms with Gasteiger partial charge in [-0.05, 0) is 55.3 Å². The lowest BCUT2D eigenvalue weighted by Gasteiger charge is -2.06. The lowest BCUT2D eigenvalue weighted by atomic mass is 10.1. The number of aryl methyl sites for hydroxylation is 2. The molecule has 0 saturated heterocycles. The quantitative estimate of drug-likeness (QED) is 0.517. The van der Waals surface area contributed by atoms with E-state index in [1.54, 1.807) is 6.07 Å². The summed E-state index contributed by atoms with van der Waals surface area (Å²) in [6.07, 6.45) is 0. The molecule has 0 unspecified atom stereocenters. The van der Waals surface area contributed by atoms with E-state index < -0.39 is 0 Å². The Morgan fingerprint density at radius 3 is 2.63 bits per heavy atom. The van der Waals surface area contributed by atoms with Crippen LogP contribution in [-0.4, -0.2) is 26.7 Å². The van der Waals surface area contributed by atoms with Gasteiger partial charge in [0.2, 0.25) is 18.5 Å². The molecule has 0 radical (unpaired) electrons. The fourth-order valence-electron chi connectivity index (χ4n) is 3.22. The number of hydrogen-bond acceptors (Lipinski definition) is 7. The first-order chi connectivity index (χ1) is 14.6. The van der Waals surface area contributed by atoms with E-state index in [-0.39, 0.29) is 18.9 Å². The van der Waals surface area contributed by atoms with E-state index in [1.807, 2.05) is 50.2 Å². The lowest BCUT2D eigenvalue weighted by Crippen LogP contribution is -2.23. The van der Waals surface area contributed by atoms with Gasteiger partial charge in [-0.15, -0.1) is 0 Å². The predicted octanol–water partition coefficient (Wildman–Crippen LogP) is 3.35. The standard InChI is InChI=1S/C22H18N4O4/c1-13-3-4-16(9-14(13)2)22-23-20(30-25-22)11-26-21(27)8-6-17(24-26)15-5-7-18-19(10-15)29-12-28-18/h3-10H,11-12H2,1-2H3. The molecule has 2 aromatic heterocycles. The summed E-state index contributed by atoms with van der Waals surface area (Å²) in [5.41, 5.74) is 4.39. The van der Waals surface area contributed by atoms with Gasteiger partial charge in [-0.25, -0.2) is 4.68 Å². The number of rotatable bonds is 4. The summed E-state index contributed by atoms with van der Waals surface area (Å²) in [4.78, 5) is 16.7. The minimum atomic E-state index is -0.259. The smallest absolute Gasteiger partial charge is 0.267 e. The Balaban J connectivity index is 1.43. The maximum atomic E-state index is 12.3. The van der Waals surface area contributed by atoms with Crippen molar-refractivity contribution in [2.75, 3.05) is 6.79 Å². The molecule has 0 spiro atoms. The molecule has 4 aromatic rings. The second kappa shape index (κ2) is 7.14. The average Bonchev–Trinajstić information content (AvgIpc) is 3.40. The van der Waals surface area contributed by atoms with Crippen LogP contribution in [0, 0.1) is 13.8 Å². The van der Waals surface area contributed by atoms with Gasteiger partial charge in [0.1, 0.15) is 6.54 Å². The number of hydrogen-bond donors (Lipinski definition) is 0. The molecule has 150 valence electrons. The highest BCUT2D eigenvalue weighted by molar-refractivity contribution is 5.64. The molecule has 0 atom stereocenters. The zero-order valence-corrected chi connectivity index (χ0v) is 16.5. The van der Waals surface area contributed by atoms with Gasteiger partial charge in [0.15, 0.2) is 11.5 Å². The van der Waals surface area contributed by atoms with Gasteiger partial charge >= 0.3 is 0 Å². The summed E-state index contributed by atoms with van der Waals surface area (Å²) in [7, 11) is 0. The molecule has 2 aromatic carbocycles. The number of benzene rings is 2. The molecule has 8 heteroatoms. The van der Waals surface area contributed by atoms with Crippen molar-refractivity contribution in [2.45, 2.75) is 20.4 Å². The molecule has 30 heavy (non-hydrogen) atoms. The first-order valence-electron chi connectivity index (χ1n) is 9.45. The monoisotopic (exact) mass is 402 g/mol. The Morgan fingerprint density at radius 2 is 1.77 bits per heavy atom. The number of ether oxygens (including phenoxy) is 2. The molecule has 8 nitrogen and oxygen atoms in total. The Hall–Kier alpha value is -3.94. The third-order valence-electron chi connectivity index (χ3n) is 5.05. The van der Waals surface area contributed by atoms with Gasteiger partial charge in [0, 0.05) is 17.2 Å². The first kappa shape index (κ1) is 18.1. The molecule has 1 aliphatic heterocycles. The molecule has 3 heterocycles. The van der Waals surface area contributed by atoms with Crippen molar-refractivity contribution in [2.24, 2.45) is 0 Å². The highest BCUT2D eigenvalue weighted by atomic mass is 16.7. The average molecular weight is 402 g/mol. The van der Waals surface area contributed by atoms with Crippen molar-refractivity contribution >= 4 is 0 Å². The van der Waals surface area contributed by atoms with Crippen LogP contribution in [0.15, 0.2) is 57.8 Å². The van der Waals surface area contributed by atoms with Crippen LogP contribution >= 0.6 is 0 Å². The van der Waals surface area contributed by atoms with E-state index in [0.717, 1.165) is 16.7 Å². The molecule has 0 amide bonds. The molecule has 0 bridgehead atoms. The summed E-state index contributed by atoms with van der Waals surface area (Å²) >= 11 is 0. The van der Waals surface area contributed by atoms with Gasteiger partial charge in [0.05, 0.1) is 5.69 Å². The fraction of sp³-hybridized carbons (Fsp3) is 0.182. The summed E-state index contributed by atoms with van der Waals surface area (Å²) < 4.78 is 17.4. The van der Waals surface area contributed by atoms with Crippen molar-refractivity contribution < 1.29 is 14.0 Å². The minimum absolute atomic E-state index is 0.0784. The molecule has 0 saturated carbocycles. The van der Waals surface area contributed by atoms with Crippen LogP contribution in [0.3, 0.4) is 0 Å². The van der Waals surface area contributed by atoms with Gasteiger partial charge in [-0.1, -0.05) is 17.3 Å². The predicted molar refractivity (Wildman–Crippen MR) is 108 cm³/mol. The van der Waals surface area contributed by atoms with E-state index >= 15 is 0 Å². The Morgan fingerprint density at radius 1 is 0.933 bits per heavy atom. The normalized spacial score (nSPS) is 12.3. The van der Waals surface area contributed by atoms with Gasteiger partial charge in [0.25, 0.3) is 5.56 Å². The third-order valence-corrected chi connectivity index (χ3v) is 5.05. The van der Waals surface area contributed by atoms with Crippen LogP contribution in [0.2, 0.25) is 0 Å². The van der Waals surface area contributed by atoms with Crippen LogP contribution in [-0.2, 0) is 6.54 Å². The number of nitrogens with zero attached hydrogens (tertiary/aromatic N) is 4. The van der Waals surface area contributed by atoms with Crippen molar-refractivity contribution in [3.8, 4) is 34.1 Å². The first-order valence-corrected chi connectivity index (χ1v) is 9.45. The molecular formula is C22H18N4O4. The third kappa shape index (κ3) is 3.32. The van der Waals surface area contributed by atoms with E-state index in [2.05, 4.69) is 15.2 Å². The van der Waals surface area contributed by atoms with Crippen LogP contribution in [0.25, 0.3) is 22.6 Å². The fourth-order valence-corrected chi connectivity index (χ4v) is 3.22.